The zero-order valence-corrected chi connectivity index (χ0v) is 16.0. The average Bonchev–Trinajstić information content (AvgIpc) is 2.66. The molecule has 1 atom stereocenters. The largest absolute Gasteiger partial charge is 0.377 e. The van der Waals surface area contributed by atoms with Crippen LogP contribution in [0.25, 0.3) is 0 Å². The van der Waals surface area contributed by atoms with E-state index in [1.54, 1.807) is 26.1 Å². The van der Waals surface area contributed by atoms with Crippen LogP contribution in [0.4, 0.5) is 4.39 Å². The normalized spacial score (nSPS) is 12.7. The van der Waals surface area contributed by atoms with E-state index in [4.69, 9.17) is 4.74 Å². The number of hydrogen-bond acceptors (Lipinski definition) is 2. The summed E-state index contributed by atoms with van der Waals surface area (Å²) < 4.78 is 19.3. The molecule has 5 heteroatoms. The van der Waals surface area contributed by atoms with Crippen molar-refractivity contribution in [1.29, 1.82) is 0 Å². The predicted molar refractivity (Wildman–Crippen MR) is 105 cm³/mol. The molecule has 1 unspecified atom stereocenters. The fourth-order valence-electron chi connectivity index (χ4n) is 2.62. The minimum Gasteiger partial charge on any atom is -0.377 e. The summed E-state index contributed by atoms with van der Waals surface area (Å²) in [4.78, 5) is 4.27. The number of benzene rings is 2. The Labute approximate surface area is 155 Å². The number of hydrogen-bond donors (Lipinski definition) is 2. The van der Waals surface area contributed by atoms with Crippen molar-refractivity contribution in [2.45, 2.75) is 40.0 Å². The smallest absolute Gasteiger partial charge is 0.191 e. The van der Waals surface area contributed by atoms with Gasteiger partial charge < -0.3 is 15.4 Å². The Hall–Kier alpha value is -2.40. The molecule has 0 aliphatic heterocycles. The minimum absolute atomic E-state index is 0.0602. The van der Waals surface area contributed by atoms with Gasteiger partial charge in [-0.3, -0.25) is 4.99 Å². The van der Waals surface area contributed by atoms with Crippen LogP contribution in [-0.2, 0) is 17.9 Å². The highest BCUT2D eigenvalue weighted by Crippen LogP contribution is 2.16. The van der Waals surface area contributed by atoms with Gasteiger partial charge in [0, 0.05) is 20.2 Å². The molecule has 0 radical (unpaired) electrons. The predicted octanol–water partition coefficient (Wildman–Crippen LogP) is 4.10. The lowest BCUT2D eigenvalue weighted by Gasteiger charge is -2.19. The Morgan fingerprint density at radius 3 is 2.58 bits per heavy atom. The maximum absolute atomic E-state index is 13.8. The van der Waals surface area contributed by atoms with E-state index in [1.165, 1.54) is 0 Å². The molecule has 0 saturated carbocycles. The molecule has 2 rings (SSSR count). The molecule has 2 aromatic carbocycles. The van der Waals surface area contributed by atoms with Gasteiger partial charge in [0.1, 0.15) is 5.82 Å². The van der Waals surface area contributed by atoms with Crippen LogP contribution in [0.5, 0.6) is 0 Å². The Morgan fingerprint density at radius 2 is 1.92 bits per heavy atom. The molecule has 0 saturated heterocycles. The number of rotatable bonds is 7. The van der Waals surface area contributed by atoms with Crippen molar-refractivity contribution < 1.29 is 9.13 Å². The van der Waals surface area contributed by atoms with E-state index in [1.807, 2.05) is 32.0 Å². The van der Waals surface area contributed by atoms with E-state index in [2.05, 4.69) is 27.8 Å². The van der Waals surface area contributed by atoms with Crippen LogP contribution in [0.3, 0.4) is 0 Å². The van der Waals surface area contributed by atoms with Crippen LogP contribution < -0.4 is 10.6 Å². The van der Waals surface area contributed by atoms with Gasteiger partial charge in [0.15, 0.2) is 5.96 Å². The van der Waals surface area contributed by atoms with Crippen LogP contribution in [0.1, 0.15) is 42.1 Å². The third-order valence-corrected chi connectivity index (χ3v) is 4.30. The van der Waals surface area contributed by atoms with E-state index in [0.717, 1.165) is 16.7 Å². The SMILES string of the molecule is CCOCc1ccccc1CNC(=NC)NC(C)c1ccc(C)c(F)c1. The summed E-state index contributed by atoms with van der Waals surface area (Å²) in [5, 5.41) is 6.62. The van der Waals surface area contributed by atoms with E-state index in [9.17, 15) is 4.39 Å². The fraction of sp³-hybridized carbons (Fsp3) is 0.381. The molecule has 0 aromatic heterocycles. The Kier molecular flexibility index (Phi) is 7.60. The van der Waals surface area contributed by atoms with Crippen LogP contribution >= 0.6 is 0 Å². The lowest BCUT2D eigenvalue weighted by molar-refractivity contribution is 0.133. The molecular weight excluding hydrogens is 329 g/mol. The first-order valence-corrected chi connectivity index (χ1v) is 8.93. The van der Waals surface area contributed by atoms with Crippen LogP contribution in [0, 0.1) is 12.7 Å². The first-order chi connectivity index (χ1) is 12.5. The van der Waals surface area contributed by atoms with Gasteiger partial charge in [-0.05, 0) is 49.1 Å². The molecular formula is C21H28FN3O. The van der Waals surface area contributed by atoms with Crippen LogP contribution in [0.15, 0.2) is 47.5 Å². The summed E-state index contributed by atoms with van der Waals surface area (Å²) in [7, 11) is 1.73. The summed E-state index contributed by atoms with van der Waals surface area (Å²) in [5.74, 6) is 0.480. The number of nitrogens with zero attached hydrogens (tertiary/aromatic N) is 1. The first kappa shape index (κ1) is 19.9. The molecule has 4 nitrogen and oxygen atoms in total. The van der Waals surface area contributed by atoms with Crippen LogP contribution in [0.2, 0.25) is 0 Å². The molecule has 0 heterocycles. The fourth-order valence-corrected chi connectivity index (χ4v) is 2.62. The van der Waals surface area contributed by atoms with Gasteiger partial charge in [0.2, 0.25) is 0 Å². The molecule has 0 aliphatic rings. The summed E-state index contributed by atoms with van der Waals surface area (Å²) in [6.45, 7) is 7.66. The molecule has 0 fully saturated rings. The number of halogens is 1. The Morgan fingerprint density at radius 1 is 1.19 bits per heavy atom. The topological polar surface area (TPSA) is 45.6 Å². The minimum atomic E-state index is -0.191. The van der Waals surface area contributed by atoms with E-state index >= 15 is 0 Å². The number of ether oxygens (including phenoxy) is 1. The zero-order chi connectivity index (χ0) is 18.9. The number of nitrogens with one attached hydrogen (secondary N) is 2. The van der Waals surface area contributed by atoms with Crippen molar-refractivity contribution in [2.75, 3.05) is 13.7 Å². The second-order valence-corrected chi connectivity index (χ2v) is 6.21. The van der Waals surface area contributed by atoms with Crippen molar-refractivity contribution in [2.24, 2.45) is 4.99 Å². The quantitative estimate of drug-likeness (QED) is 0.579. The second kappa shape index (κ2) is 9.92. The highest BCUT2D eigenvalue weighted by atomic mass is 19.1. The van der Waals surface area contributed by atoms with Gasteiger partial charge in [-0.2, -0.15) is 0 Å². The monoisotopic (exact) mass is 357 g/mol. The summed E-state index contributed by atoms with van der Waals surface area (Å²) in [6, 6.07) is 13.4. The lowest BCUT2D eigenvalue weighted by Crippen LogP contribution is -2.38. The Balaban J connectivity index is 1.98. The number of aliphatic imine (C=N–C) groups is 1. The third-order valence-electron chi connectivity index (χ3n) is 4.30. The first-order valence-electron chi connectivity index (χ1n) is 8.93. The summed E-state index contributed by atoms with van der Waals surface area (Å²) in [6.07, 6.45) is 0. The van der Waals surface area contributed by atoms with Gasteiger partial charge in [0.25, 0.3) is 0 Å². The standard InChI is InChI=1S/C21H28FN3O/c1-5-26-14-19-9-7-6-8-18(19)13-24-21(23-4)25-16(3)17-11-10-15(2)20(22)12-17/h6-12,16H,5,13-14H2,1-4H3,(H2,23,24,25). The highest BCUT2D eigenvalue weighted by Gasteiger charge is 2.10. The molecule has 2 aromatic rings. The van der Waals surface area contributed by atoms with Crippen molar-refractivity contribution >= 4 is 5.96 Å². The molecule has 140 valence electrons. The lowest BCUT2D eigenvalue weighted by atomic mass is 10.1. The summed E-state index contributed by atoms with van der Waals surface area (Å²) >= 11 is 0. The third kappa shape index (κ3) is 5.56. The molecule has 0 spiro atoms. The van der Waals surface area contributed by atoms with Gasteiger partial charge in [-0.1, -0.05) is 36.4 Å². The average molecular weight is 357 g/mol. The van der Waals surface area contributed by atoms with Crippen LogP contribution in [-0.4, -0.2) is 19.6 Å². The maximum Gasteiger partial charge on any atom is 0.191 e. The highest BCUT2D eigenvalue weighted by molar-refractivity contribution is 5.80. The van der Waals surface area contributed by atoms with Crippen molar-refractivity contribution in [3.05, 3.63) is 70.5 Å². The van der Waals surface area contributed by atoms with E-state index < -0.39 is 0 Å². The molecule has 0 bridgehead atoms. The van der Waals surface area contributed by atoms with E-state index in [-0.39, 0.29) is 11.9 Å². The number of guanidine groups is 1. The van der Waals surface area contributed by atoms with Gasteiger partial charge in [-0.25, -0.2) is 4.39 Å². The number of aryl methyl sites for hydroxylation is 1. The maximum atomic E-state index is 13.8. The molecule has 0 amide bonds. The molecule has 2 N–H and O–H groups in total. The van der Waals surface area contributed by atoms with Gasteiger partial charge in [-0.15, -0.1) is 0 Å². The summed E-state index contributed by atoms with van der Waals surface area (Å²) in [5.41, 5.74) is 3.85. The second-order valence-electron chi connectivity index (χ2n) is 6.21. The van der Waals surface area contributed by atoms with Crippen molar-refractivity contribution in [1.82, 2.24) is 10.6 Å². The zero-order valence-electron chi connectivity index (χ0n) is 16.0. The molecule has 26 heavy (non-hydrogen) atoms. The Bertz CT molecular complexity index is 746. The van der Waals surface area contributed by atoms with E-state index in [0.29, 0.717) is 31.3 Å². The van der Waals surface area contributed by atoms with Crippen molar-refractivity contribution in [3.8, 4) is 0 Å². The van der Waals surface area contributed by atoms with Crippen molar-refractivity contribution in [3.63, 3.8) is 0 Å². The van der Waals surface area contributed by atoms with Gasteiger partial charge >= 0.3 is 0 Å². The molecule has 0 aliphatic carbocycles. The van der Waals surface area contributed by atoms with Gasteiger partial charge in [0.05, 0.1) is 12.6 Å².